The summed E-state index contributed by atoms with van der Waals surface area (Å²) in [5.41, 5.74) is 2.36. The lowest BCUT2D eigenvalue weighted by Gasteiger charge is -2.19. The van der Waals surface area contributed by atoms with Gasteiger partial charge >= 0.3 is 5.97 Å². The number of aliphatic carboxylic acids is 1. The van der Waals surface area contributed by atoms with E-state index in [1.54, 1.807) is 0 Å². The molecule has 0 saturated carbocycles. The first-order valence-corrected chi connectivity index (χ1v) is 4.26. The standard InChI is InChI=1S/C9H12N2O2/c1-11-4-6-2-8(9(12)13)10-3-7(6)5-11/h4-5,8,10H,2-3H2,1H3,(H,12,13)/t8-/m1/s1. The maximum Gasteiger partial charge on any atom is 0.321 e. The molecular formula is C9H12N2O2. The highest BCUT2D eigenvalue weighted by atomic mass is 16.4. The van der Waals surface area contributed by atoms with Crippen LogP contribution in [0.2, 0.25) is 0 Å². The number of fused-ring (bicyclic) bond motifs is 1. The summed E-state index contributed by atoms with van der Waals surface area (Å²) >= 11 is 0. The van der Waals surface area contributed by atoms with Gasteiger partial charge < -0.3 is 9.67 Å². The van der Waals surface area contributed by atoms with Gasteiger partial charge in [0.25, 0.3) is 0 Å². The number of nitrogens with one attached hydrogen (secondary N) is 1. The average Bonchev–Trinajstić information content (AvgIpc) is 2.42. The van der Waals surface area contributed by atoms with Crippen LogP contribution in [0.5, 0.6) is 0 Å². The van der Waals surface area contributed by atoms with Gasteiger partial charge in [0, 0.05) is 32.4 Å². The molecule has 2 N–H and O–H groups in total. The minimum atomic E-state index is -0.769. The Bertz CT molecular complexity index is 343. The molecule has 4 heteroatoms. The minimum Gasteiger partial charge on any atom is -0.480 e. The van der Waals surface area contributed by atoms with Crippen LogP contribution < -0.4 is 5.32 Å². The second-order valence-corrected chi connectivity index (χ2v) is 3.45. The number of aromatic nitrogens is 1. The van der Waals surface area contributed by atoms with Gasteiger partial charge in [-0.2, -0.15) is 0 Å². The summed E-state index contributed by atoms with van der Waals surface area (Å²) in [6.07, 6.45) is 4.61. The first kappa shape index (κ1) is 8.31. The molecule has 1 aromatic heterocycles. The lowest BCUT2D eigenvalue weighted by Crippen LogP contribution is -2.41. The van der Waals surface area contributed by atoms with E-state index in [-0.39, 0.29) is 0 Å². The molecule has 1 aliphatic heterocycles. The Morgan fingerprint density at radius 3 is 3.00 bits per heavy atom. The third-order valence-electron chi connectivity index (χ3n) is 2.39. The SMILES string of the molecule is Cn1cc2c(c1)C[C@H](C(=O)O)NC2. The van der Waals surface area contributed by atoms with Crippen LogP contribution in [0.4, 0.5) is 0 Å². The number of aryl methyl sites for hydroxylation is 1. The average molecular weight is 180 g/mol. The van der Waals surface area contributed by atoms with E-state index in [0.29, 0.717) is 13.0 Å². The molecule has 0 fully saturated rings. The van der Waals surface area contributed by atoms with E-state index < -0.39 is 12.0 Å². The summed E-state index contributed by atoms with van der Waals surface area (Å²) in [6, 6.07) is -0.421. The van der Waals surface area contributed by atoms with E-state index in [1.807, 2.05) is 24.0 Å². The van der Waals surface area contributed by atoms with Crippen LogP contribution in [0.15, 0.2) is 12.4 Å². The smallest absolute Gasteiger partial charge is 0.321 e. The number of carboxylic acids is 1. The summed E-state index contributed by atoms with van der Waals surface area (Å²) < 4.78 is 1.97. The lowest BCUT2D eigenvalue weighted by molar-refractivity contribution is -0.139. The van der Waals surface area contributed by atoms with E-state index in [9.17, 15) is 4.79 Å². The summed E-state index contributed by atoms with van der Waals surface area (Å²) in [5, 5.41) is 11.8. The van der Waals surface area contributed by atoms with Crippen molar-refractivity contribution in [3.05, 3.63) is 23.5 Å². The summed E-state index contributed by atoms with van der Waals surface area (Å²) in [7, 11) is 1.95. The Hall–Kier alpha value is -1.29. The van der Waals surface area contributed by atoms with Gasteiger partial charge in [-0.15, -0.1) is 0 Å². The zero-order chi connectivity index (χ0) is 9.42. The molecule has 1 aromatic rings. The third kappa shape index (κ3) is 1.45. The number of nitrogens with zero attached hydrogens (tertiary/aromatic N) is 1. The molecule has 0 unspecified atom stereocenters. The van der Waals surface area contributed by atoms with Crippen molar-refractivity contribution in [2.45, 2.75) is 19.0 Å². The minimum absolute atomic E-state index is 0.421. The van der Waals surface area contributed by atoms with Crippen molar-refractivity contribution in [2.24, 2.45) is 7.05 Å². The molecule has 0 spiro atoms. The van der Waals surface area contributed by atoms with E-state index >= 15 is 0 Å². The number of rotatable bonds is 1. The van der Waals surface area contributed by atoms with Gasteiger partial charge in [0.2, 0.25) is 0 Å². The summed E-state index contributed by atoms with van der Waals surface area (Å²) in [6.45, 7) is 0.660. The second kappa shape index (κ2) is 2.88. The number of hydrogen-bond donors (Lipinski definition) is 2. The van der Waals surface area contributed by atoms with Crippen LogP contribution in [0, 0.1) is 0 Å². The predicted octanol–water partition coefficient (Wildman–Crippen LogP) is 0.124. The molecule has 4 nitrogen and oxygen atoms in total. The van der Waals surface area contributed by atoms with Crippen LogP contribution in [0.25, 0.3) is 0 Å². The molecular weight excluding hydrogens is 168 g/mol. The molecule has 1 atom stereocenters. The largest absolute Gasteiger partial charge is 0.480 e. The molecule has 13 heavy (non-hydrogen) atoms. The van der Waals surface area contributed by atoms with Crippen molar-refractivity contribution in [3.63, 3.8) is 0 Å². The Morgan fingerprint density at radius 2 is 2.31 bits per heavy atom. The fraction of sp³-hybridized carbons (Fsp3) is 0.444. The van der Waals surface area contributed by atoms with E-state index in [2.05, 4.69) is 5.32 Å². The molecule has 0 amide bonds. The first-order chi connectivity index (χ1) is 6.16. The molecule has 2 heterocycles. The highest BCUT2D eigenvalue weighted by molar-refractivity contribution is 5.74. The number of carbonyl (C=O) groups is 1. The van der Waals surface area contributed by atoms with Crippen LogP contribution in [-0.2, 0) is 24.8 Å². The lowest BCUT2D eigenvalue weighted by atomic mass is 10.0. The Balaban J connectivity index is 2.24. The molecule has 0 aliphatic carbocycles. The van der Waals surface area contributed by atoms with Gasteiger partial charge in [-0.05, 0) is 11.1 Å². The number of hydrogen-bond acceptors (Lipinski definition) is 2. The molecule has 0 radical (unpaired) electrons. The Kier molecular flexibility index (Phi) is 1.84. The van der Waals surface area contributed by atoms with E-state index in [0.717, 1.165) is 5.56 Å². The van der Waals surface area contributed by atoms with Crippen molar-refractivity contribution < 1.29 is 9.90 Å². The van der Waals surface area contributed by atoms with Crippen molar-refractivity contribution in [3.8, 4) is 0 Å². The second-order valence-electron chi connectivity index (χ2n) is 3.45. The van der Waals surface area contributed by atoms with Gasteiger partial charge in [-0.3, -0.25) is 10.1 Å². The van der Waals surface area contributed by atoms with Crippen LogP contribution >= 0.6 is 0 Å². The molecule has 70 valence electrons. The van der Waals surface area contributed by atoms with E-state index in [4.69, 9.17) is 5.11 Å². The molecule has 0 saturated heterocycles. The Labute approximate surface area is 76.2 Å². The van der Waals surface area contributed by atoms with Crippen molar-refractivity contribution >= 4 is 5.97 Å². The Morgan fingerprint density at radius 1 is 1.62 bits per heavy atom. The van der Waals surface area contributed by atoms with Crippen LogP contribution in [0.3, 0.4) is 0 Å². The fourth-order valence-electron chi connectivity index (χ4n) is 1.74. The zero-order valence-corrected chi connectivity index (χ0v) is 7.45. The fourth-order valence-corrected chi connectivity index (χ4v) is 1.74. The normalized spacial score (nSPS) is 21.2. The van der Waals surface area contributed by atoms with Crippen molar-refractivity contribution in [2.75, 3.05) is 0 Å². The van der Waals surface area contributed by atoms with Gasteiger partial charge in [0.1, 0.15) is 6.04 Å². The van der Waals surface area contributed by atoms with Gasteiger partial charge in [0.15, 0.2) is 0 Å². The first-order valence-electron chi connectivity index (χ1n) is 4.26. The molecule has 0 aromatic carbocycles. The van der Waals surface area contributed by atoms with E-state index in [1.165, 1.54) is 5.56 Å². The summed E-state index contributed by atoms with van der Waals surface area (Å²) in [5.74, 6) is -0.769. The van der Waals surface area contributed by atoms with Crippen molar-refractivity contribution in [1.29, 1.82) is 0 Å². The zero-order valence-electron chi connectivity index (χ0n) is 7.45. The highest BCUT2D eigenvalue weighted by Crippen LogP contribution is 2.17. The maximum absolute atomic E-state index is 10.7. The highest BCUT2D eigenvalue weighted by Gasteiger charge is 2.24. The summed E-state index contributed by atoms with van der Waals surface area (Å²) in [4.78, 5) is 10.7. The topological polar surface area (TPSA) is 54.3 Å². The molecule has 0 bridgehead atoms. The third-order valence-corrected chi connectivity index (χ3v) is 2.39. The van der Waals surface area contributed by atoms with Gasteiger partial charge in [0.05, 0.1) is 0 Å². The monoisotopic (exact) mass is 180 g/mol. The van der Waals surface area contributed by atoms with Gasteiger partial charge in [-0.1, -0.05) is 0 Å². The predicted molar refractivity (Wildman–Crippen MR) is 47.4 cm³/mol. The quantitative estimate of drug-likeness (QED) is 0.645. The maximum atomic E-state index is 10.7. The molecule has 2 rings (SSSR count). The van der Waals surface area contributed by atoms with Crippen molar-refractivity contribution in [1.82, 2.24) is 9.88 Å². The van der Waals surface area contributed by atoms with Gasteiger partial charge in [-0.25, -0.2) is 0 Å². The van der Waals surface area contributed by atoms with Crippen LogP contribution in [-0.4, -0.2) is 21.7 Å². The molecule has 1 aliphatic rings. The van der Waals surface area contributed by atoms with Crippen LogP contribution in [0.1, 0.15) is 11.1 Å². The number of carboxylic acid groups (broad SMARTS) is 1.